The van der Waals surface area contributed by atoms with E-state index in [4.69, 9.17) is 15.2 Å². The summed E-state index contributed by atoms with van der Waals surface area (Å²) < 4.78 is 11.8. The van der Waals surface area contributed by atoms with Gasteiger partial charge in [-0.1, -0.05) is 12.1 Å². The van der Waals surface area contributed by atoms with Crippen LogP contribution in [-0.4, -0.2) is 20.8 Å². The van der Waals surface area contributed by atoms with Crippen molar-refractivity contribution in [2.45, 2.75) is 19.4 Å². The number of fused-ring (bicyclic) bond motifs is 1. The van der Waals surface area contributed by atoms with Crippen molar-refractivity contribution in [1.82, 2.24) is 0 Å². The molecule has 5 heteroatoms. The van der Waals surface area contributed by atoms with Crippen LogP contribution >= 0.6 is 15.9 Å². The zero-order chi connectivity index (χ0) is 16.4. The highest BCUT2D eigenvalue weighted by atomic mass is 79.9. The molecule has 0 fully saturated rings. The van der Waals surface area contributed by atoms with Crippen LogP contribution < -0.4 is 20.1 Å². The molecular formula is C18H21BrN2O2. The Labute approximate surface area is 145 Å². The van der Waals surface area contributed by atoms with Crippen LogP contribution in [0.1, 0.15) is 17.5 Å². The highest BCUT2D eigenvalue weighted by Gasteiger charge is 2.21. The van der Waals surface area contributed by atoms with Gasteiger partial charge < -0.3 is 20.1 Å². The zero-order valence-corrected chi connectivity index (χ0v) is 15.0. The normalized spacial score (nSPS) is 13.6. The van der Waals surface area contributed by atoms with Crippen LogP contribution in [0, 0.1) is 0 Å². The summed E-state index contributed by atoms with van der Waals surface area (Å²) in [6.45, 7) is 1.83. The van der Waals surface area contributed by atoms with Crippen molar-refractivity contribution in [3.63, 3.8) is 0 Å². The molecule has 0 saturated carbocycles. The van der Waals surface area contributed by atoms with Gasteiger partial charge in [0.15, 0.2) is 11.5 Å². The Morgan fingerprint density at radius 3 is 2.74 bits per heavy atom. The van der Waals surface area contributed by atoms with E-state index >= 15 is 0 Å². The first-order valence-electron chi connectivity index (χ1n) is 7.67. The number of halogens is 1. The van der Waals surface area contributed by atoms with E-state index in [0.29, 0.717) is 0 Å². The van der Waals surface area contributed by atoms with Crippen molar-refractivity contribution < 1.29 is 9.47 Å². The number of anilines is 2. The lowest BCUT2D eigenvalue weighted by Crippen LogP contribution is -2.29. The van der Waals surface area contributed by atoms with E-state index in [2.05, 4.69) is 33.0 Å². The third-order valence-corrected chi connectivity index (χ3v) is 5.18. The van der Waals surface area contributed by atoms with E-state index < -0.39 is 0 Å². The molecule has 3 rings (SSSR count). The molecule has 0 saturated heterocycles. The molecule has 0 aliphatic carbocycles. The minimum Gasteiger partial charge on any atom is -0.493 e. The molecule has 0 bridgehead atoms. The fraction of sp³-hybridized carbons (Fsp3) is 0.333. The fourth-order valence-electron chi connectivity index (χ4n) is 3.15. The van der Waals surface area contributed by atoms with Gasteiger partial charge in [0.05, 0.1) is 18.7 Å². The van der Waals surface area contributed by atoms with Gasteiger partial charge in [-0.05, 0) is 58.1 Å². The first kappa shape index (κ1) is 16.0. The van der Waals surface area contributed by atoms with Gasteiger partial charge in [-0.15, -0.1) is 0 Å². The van der Waals surface area contributed by atoms with Gasteiger partial charge in [0.1, 0.15) is 0 Å². The lowest BCUT2D eigenvalue weighted by Gasteiger charge is -2.32. The van der Waals surface area contributed by atoms with Crippen molar-refractivity contribution in [1.29, 1.82) is 0 Å². The lowest BCUT2D eigenvalue weighted by molar-refractivity contribution is 0.352. The number of methoxy groups -OCH3 is 2. The highest BCUT2D eigenvalue weighted by Crippen LogP contribution is 2.39. The Bertz CT molecular complexity index is 718. The van der Waals surface area contributed by atoms with Crippen LogP contribution in [0.15, 0.2) is 34.8 Å². The summed E-state index contributed by atoms with van der Waals surface area (Å²) in [5.74, 6) is 1.46. The summed E-state index contributed by atoms with van der Waals surface area (Å²) in [5, 5.41) is 0. The maximum absolute atomic E-state index is 6.14. The Hall–Kier alpha value is -1.88. The van der Waals surface area contributed by atoms with Gasteiger partial charge in [0, 0.05) is 24.5 Å². The smallest absolute Gasteiger partial charge is 0.175 e. The Balaban J connectivity index is 1.94. The van der Waals surface area contributed by atoms with Crippen molar-refractivity contribution >= 4 is 27.3 Å². The average molecular weight is 377 g/mol. The summed E-state index contributed by atoms with van der Waals surface area (Å²) in [6, 6.07) is 10.2. The summed E-state index contributed by atoms with van der Waals surface area (Å²) >= 11 is 3.66. The summed E-state index contributed by atoms with van der Waals surface area (Å²) in [4.78, 5) is 2.38. The largest absolute Gasteiger partial charge is 0.493 e. The predicted molar refractivity (Wildman–Crippen MR) is 97.5 cm³/mol. The SMILES string of the molecule is COc1ccc(CN2CCCc3c(N)cccc32)c(Br)c1OC. The standard InChI is InChI=1S/C18H21BrN2O2/c1-22-16-9-8-12(17(19)18(16)23-2)11-21-10-4-5-13-14(20)6-3-7-15(13)21/h3,6-9H,4-5,10-11,20H2,1-2H3. The minimum atomic E-state index is 0.728. The lowest BCUT2D eigenvalue weighted by atomic mass is 9.99. The molecule has 0 unspecified atom stereocenters. The molecule has 122 valence electrons. The topological polar surface area (TPSA) is 47.7 Å². The fourth-order valence-corrected chi connectivity index (χ4v) is 3.76. The first-order chi connectivity index (χ1) is 11.2. The van der Waals surface area contributed by atoms with Crippen LogP contribution in [0.4, 0.5) is 11.4 Å². The van der Waals surface area contributed by atoms with E-state index in [-0.39, 0.29) is 0 Å². The summed E-state index contributed by atoms with van der Waals surface area (Å²) in [6.07, 6.45) is 2.16. The van der Waals surface area contributed by atoms with Crippen LogP contribution in [-0.2, 0) is 13.0 Å². The first-order valence-corrected chi connectivity index (χ1v) is 8.46. The number of nitrogen functional groups attached to an aromatic ring is 1. The van der Waals surface area contributed by atoms with Crippen LogP contribution in [0.25, 0.3) is 0 Å². The molecule has 1 heterocycles. The van der Waals surface area contributed by atoms with Crippen molar-refractivity contribution in [3.05, 3.63) is 45.9 Å². The second kappa shape index (κ2) is 6.71. The third-order valence-electron chi connectivity index (χ3n) is 4.31. The number of ether oxygens (including phenoxy) is 2. The van der Waals surface area contributed by atoms with Crippen LogP contribution in [0.2, 0.25) is 0 Å². The molecule has 2 aromatic rings. The number of nitrogens with two attached hydrogens (primary N) is 1. The van der Waals surface area contributed by atoms with E-state index in [1.165, 1.54) is 11.3 Å². The molecule has 0 aromatic heterocycles. The molecule has 1 aliphatic heterocycles. The van der Waals surface area contributed by atoms with Crippen molar-refractivity contribution in [2.24, 2.45) is 0 Å². The summed E-state index contributed by atoms with van der Waals surface area (Å²) in [5.41, 5.74) is 10.7. The monoisotopic (exact) mass is 376 g/mol. The average Bonchev–Trinajstić information content (AvgIpc) is 2.57. The molecule has 23 heavy (non-hydrogen) atoms. The molecule has 0 atom stereocenters. The van der Waals surface area contributed by atoms with Crippen molar-refractivity contribution in [2.75, 3.05) is 31.4 Å². The predicted octanol–water partition coefficient (Wildman–Crippen LogP) is 4.00. The van der Waals surface area contributed by atoms with Gasteiger partial charge in [-0.25, -0.2) is 0 Å². The van der Waals surface area contributed by atoms with Gasteiger partial charge in [0.2, 0.25) is 0 Å². The van der Waals surface area contributed by atoms with E-state index in [1.54, 1.807) is 14.2 Å². The van der Waals surface area contributed by atoms with E-state index in [0.717, 1.165) is 53.2 Å². The molecule has 0 amide bonds. The number of hydrogen-bond donors (Lipinski definition) is 1. The second-order valence-corrected chi connectivity index (χ2v) is 6.44. The van der Waals surface area contributed by atoms with E-state index in [1.807, 2.05) is 18.2 Å². The Kier molecular flexibility index (Phi) is 4.66. The zero-order valence-electron chi connectivity index (χ0n) is 13.4. The quantitative estimate of drug-likeness (QED) is 0.819. The number of rotatable bonds is 4. The molecular weight excluding hydrogens is 356 g/mol. The van der Waals surface area contributed by atoms with Crippen LogP contribution in [0.3, 0.4) is 0 Å². The minimum absolute atomic E-state index is 0.728. The maximum Gasteiger partial charge on any atom is 0.175 e. The molecule has 0 spiro atoms. The second-order valence-electron chi connectivity index (χ2n) is 5.64. The Morgan fingerprint density at radius 1 is 1.17 bits per heavy atom. The molecule has 4 nitrogen and oxygen atoms in total. The molecule has 2 N–H and O–H groups in total. The van der Waals surface area contributed by atoms with Gasteiger partial charge in [0.25, 0.3) is 0 Å². The molecule has 1 aliphatic rings. The molecule has 0 radical (unpaired) electrons. The molecule has 2 aromatic carbocycles. The van der Waals surface area contributed by atoms with Gasteiger partial charge in [-0.3, -0.25) is 0 Å². The van der Waals surface area contributed by atoms with Gasteiger partial charge in [-0.2, -0.15) is 0 Å². The number of benzene rings is 2. The number of hydrogen-bond acceptors (Lipinski definition) is 4. The third kappa shape index (κ3) is 2.98. The highest BCUT2D eigenvalue weighted by molar-refractivity contribution is 9.10. The van der Waals surface area contributed by atoms with E-state index in [9.17, 15) is 0 Å². The maximum atomic E-state index is 6.14. The summed E-state index contributed by atoms with van der Waals surface area (Å²) in [7, 11) is 3.30. The number of nitrogens with zero attached hydrogens (tertiary/aromatic N) is 1. The van der Waals surface area contributed by atoms with Crippen molar-refractivity contribution in [3.8, 4) is 11.5 Å². The van der Waals surface area contributed by atoms with Crippen LogP contribution in [0.5, 0.6) is 11.5 Å². The Morgan fingerprint density at radius 2 is 2.00 bits per heavy atom. The van der Waals surface area contributed by atoms with Gasteiger partial charge >= 0.3 is 0 Å².